The number of fused-ring (bicyclic) bond motifs is 9. The van der Waals surface area contributed by atoms with Gasteiger partial charge in [-0.15, -0.1) is 0 Å². The lowest BCUT2D eigenvalue weighted by Crippen LogP contribution is -2.00. The molecule has 9 aromatic carbocycles. The summed E-state index contributed by atoms with van der Waals surface area (Å²) in [7, 11) is 0. The van der Waals surface area contributed by atoms with E-state index in [-0.39, 0.29) is 0 Å². The fraction of sp³-hybridized carbons (Fsp3) is 0. The second-order valence-electron chi connectivity index (χ2n) is 13.6. The van der Waals surface area contributed by atoms with Crippen molar-refractivity contribution in [2.75, 3.05) is 0 Å². The van der Waals surface area contributed by atoms with E-state index >= 15 is 0 Å². The van der Waals surface area contributed by atoms with E-state index in [4.69, 9.17) is 19.4 Å². The Morgan fingerprint density at radius 2 is 0.943 bits per heavy atom. The lowest BCUT2D eigenvalue weighted by Gasteiger charge is -2.14. The molecule has 0 amide bonds. The van der Waals surface area contributed by atoms with Crippen LogP contribution in [0.3, 0.4) is 0 Å². The van der Waals surface area contributed by atoms with Crippen molar-refractivity contribution in [2.45, 2.75) is 0 Å². The SMILES string of the molecule is c1ccc(-c2nc(-c3ccc4ccccc4c3)nc(-c3cc4oc5ccccc5c4c4c3ccc3ccc(-c5cccc6ccccc56)cc34)n2)cc1. The number of hydrogen-bond acceptors (Lipinski definition) is 4. The highest BCUT2D eigenvalue weighted by Gasteiger charge is 2.21. The molecule has 0 N–H and O–H groups in total. The van der Waals surface area contributed by atoms with Crippen LogP contribution < -0.4 is 0 Å². The molecular formula is C49H29N3O. The molecule has 11 rings (SSSR count). The van der Waals surface area contributed by atoms with Gasteiger partial charge < -0.3 is 4.42 Å². The smallest absolute Gasteiger partial charge is 0.164 e. The summed E-state index contributed by atoms with van der Waals surface area (Å²) in [5.41, 5.74) is 6.77. The normalized spacial score (nSPS) is 11.8. The Hall–Kier alpha value is -7.17. The van der Waals surface area contributed by atoms with E-state index in [1.165, 1.54) is 27.3 Å². The zero-order valence-electron chi connectivity index (χ0n) is 28.5. The highest BCUT2D eigenvalue weighted by molar-refractivity contribution is 6.29. The molecular weight excluding hydrogens is 647 g/mol. The van der Waals surface area contributed by atoms with E-state index in [9.17, 15) is 0 Å². The van der Waals surface area contributed by atoms with Gasteiger partial charge in [-0.05, 0) is 73.1 Å². The molecule has 0 aliphatic carbocycles. The number of rotatable bonds is 4. The third-order valence-electron chi connectivity index (χ3n) is 10.5. The summed E-state index contributed by atoms with van der Waals surface area (Å²) in [5.74, 6) is 1.84. The molecule has 4 nitrogen and oxygen atoms in total. The topological polar surface area (TPSA) is 51.8 Å². The van der Waals surface area contributed by atoms with Gasteiger partial charge in [-0.1, -0.05) is 152 Å². The van der Waals surface area contributed by atoms with Crippen molar-refractivity contribution in [3.8, 4) is 45.3 Å². The number of aromatic nitrogens is 3. The van der Waals surface area contributed by atoms with Crippen molar-refractivity contribution >= 4 is 65.0 Å². The average Bonchev–Trinajstić information content (AvgIpc) is 3.61. The fourth-order valence-corrected chi connectivity index (χ4v) is 7.95. The minimum atomic E-state index is 0.596. The minimum absolute atomic E-state index is 0.596. The Kier molecular flexibility index (Phi) is 6.52. The molecule has 0 unspecified atom stereocenters. The molecule has 11 aromatic rings. The molecule has 0 radical (unpaired) electrons. The number of furan rings is 1. The van der Waals surface area contributed by atoms with Crippen molar-refractivity contribution in [1.82, 2.24) is 15.0 Å². The number of para-hydroxylation sites is 1. The maximum absolute atomic E-state index is 6.65. The first-order valence-corrected chi connectivity index (χ1v) is 17.9. The third-order valence-corrected chi connectivity index (χ3v) is 10.5. The van der Waals surface area contributed by atoms with Gasteiger partial charge in [-0.2, -0.15) is 0 Å². The molecule has 0 atom stereocenters. The maximum atomic E-state index is 6.65. The molecule has 0 fully saturated rings. The Balaban J connectivity index is 1.23. The zero-order chi connectivity index (χ0) is 34.9. The minimum Gasteiger partial charge on any atom is -0.456 e. The second-order valence-corrected chi connectivity index (χ2v) is 13.6. The van der Waals surface area contributed by atoms with E-state index in [0.29, 0.717) is 17.5 Å². The van der Waals surface area contributed by atoms with Gasteiger partial charge in [-0.25, -0.2) is 15.0 Å². The third kappa shape index (κ3) is 4.80. The number of benzene rings is 9. The van der Waals surface area contributed by atoms with E-state index < -0.39 is 0 Å². The van der Waals surface area contributed by atoms with E-state index in [2.05, 4.69) is 133 Å². The first kappa shape index (κ1) is 29.5. The first-order valence-electron chi connectivity index (χ1n) is 17.9. The van der Waals surface area contributed by atoms with Gasteiger partial charge >= 0.3 is 0 Å². The molecule has 2 aromatic heterocycles. The summed E-state index contributed by atoms with van der Waals surface area (Å²) in [6.07, 6.45) is 0. The Morgan fingerprint density at radius 3 is 1.83 bits per heavy atom. The summed E-state index contributed by atoms with van der Waals surface area (Å²) in [6.45, 7) is 0. The van der Waals surface area contributed by atoms with Crippen LogP contribution in [0.2, 0.25) is 0 Å². The molecule has 0 aliphatic heterocycles. The number of nitrogens with zero attached hydrogens (tertiary/aromatic N) is 3. The Labute approximate surface area is 304 Å². The Bertz CT molecular complexity index is 3230. The van der Waals surface area contributed by atoms with Crippen LogP contribution >= 0.6 is 0 Å². The standard InChI is InChI=1S/C49H29N3O/c1-2-13-33(14-3-1)47-50-48(36-24-21-30-11-4-5-15-34(30)27-36)52-49(51-47)42-29-44-46(40-18-8-9-20-43(40)53-44)45-39(42)26-25-32-22-23-35(28-41(32)45)38-19-10-16-31-12-6-7-17-37(31)38/h1-29H. The van der Waals surface area contributed by atoms with Crippen LogP contribution in [0.25, 0.3) is 110 Å². The zero-order valence-corrected chi connectivity index (χ0v) is 28.5. The summed E-state index contributed by atoms with van der Waals surface area (Å²) < 4.78 is 6.65. The molecule has 246 valence electrons. The average molecular weight is 676 g/mol. The van der Waals surface area contributed by atoms with Gasteiger partial charge in [0.1, 0.15) is 11.2 Å². The van der Waals surface area contributed by atoms with Crippen LogP contribution in [0.1, 0.15) is 0 Å². The summed E-state index contributed by atoms with van der Waals surface area (Å²) >= 11 is 0. The molecule has 0 spiro atoms. The van der Waals surface area contributed by atoms with Gasteiger partial charge in [0.05, 0.1) is 0 Å². The van der Waals surface area contributed by atoms with Gasteiger partial charge in [0.2, 0.25) is 0 Å². The maximum Gasteiger partial charge on any atom is 0.164 e. The van der Waals surface area contributed by atoms with Gasteiger partial charge in [0.25, 0.3) is 0 Å². The van der Waals surface area contributed by atoms with Crippen LogP contribution in [0, 0.1) is 0 Å². The van der Waals surface area contributed by atoms with Crippen LogP contribution in [0.5, 0.6) is 0 Å². The molecule has 0 bridgehead atoms. The van der Waals surface area contributed by atoms with Gasteiger partial charge in [-0.3, -0.25) is 0 Å². The predicted molar refractivity (Wildman–Crippen MR) is 219 cm³/mol. The fourth-order valence-electron chi connectivity index (χ4n) is 7.95. The molecule has 2 heterocycles. The van der Waals surface area contributed by atoms with E-state index in [1.807, 2.05) is 42.5 Å². The molecule has 0 saturated heterocycles. The number of hydrogen-bond donors (Lipinski definition) is 0. The van der Waals surface area contributed by atoms with Crippen LogP contribution in [-0.4, -0.2) is 15.0 Å². The summed E-state index contributed by atoms with van der Waals surface area (Å²) in [5, 5.41) is 11.4. The lowest BCUT2D eigenvalue weighted by atomic mass is 9.91. The quantitative estimate of drug-likeness (QED) is 0.174. The highest BCUT2D eigenvalue weighted by atomic mass is 16.3. The second kappa shape index (κ2) is 11.7. The first-order chi connectivity index (χ1) is 26.2. The van der Waals surface area contributed by atoms with Crippen LogP contribution in [0.15, 0.2) is 180 Å². The molecule has 0 aliphatic rings. The van der Waals surface area contributed by atoms with E-state index in [0.717, 1.165) is 65.6 Å². The Morgan fingerprint density at radius 1 is 0.302 bits per heavy atom. The van der Waals surface area contributed by atoms with Crippen molar-refractivity contribution < 1.29 is 4.42 Å². The van der Waals surface area contributed by atoms with Gasteiger partial charge in [0, 0.05) is 32.8 Å². The predicted octanol–water partition coefficient (Wildman–Crippen LogP) is 13.1. The largest absolute Gasteiger partial charge is 0.456 e. The van der Waals surface area contributed by atoms with Gasteiger partial charge in [0.15, 0.2) is 17.5 Å². The van der Waals surface area contributed by atoms with Crippen LogP contribution in [-0.2, 0) is 0 Å². The lowest BCUT2D eigenvalue weighted by molar-refractivity contribution is 0.669. The van der Waals surface area contributed by atoms with Crippen molar-refractivity contribution in [3.63, 3.8) is 0 Å². The highest BCUT2D eigenvalue weighted by Crippen LogP contribution is 2.44. The van der Waals surface area contributed by atoms with Crippen LogP contribution in [0.4, 0.5) is 0 Å². The summed E-state index contributed by atoms with van der Waals surface area (Å²) in [4.78, 5) is 15.5. The molecule has 4 heteroatoms. The van der Waals surface area contributed by atoms with Crippen molar-refractivity contribution in [3.05, 3.63) is 176 Å². The molecule has 0 saturated carbocycles. The van der Waals surface area contributed by atoms with E-state index in [1.54, 1.807) is 0 Å². The molecule has 53 heavy (non-hydrogen) atoms. The van der Waals surface area contributed by atoms with Crippen molar-refractivity contribution in [1.29, 1.82) is 0 Å². The summed E-state index contributed by atoms with van der Waals surface area (Å²) in [6, 6.07) is 61.7. The van der Waals surface area contributed by atoms with Crippen molar-refractivity contribution in [2.24, 2.45) is 0 Å². The monoisotopic (exact) mass is 675 g/mol.